The first kappa shape index (κ1) is 8.55. The molecular formula is C10H16O. The van der Waals surface area contributed by atoms with Crippen molar-refractivity contribution >= 4 is 5.94 Å². The molecule has 0 aromatic heterocycles. The Balaban J connectivity index is 2.82. The Kier molecular flexibility index (Phi) is 2.51. The fourth-order valence-corrected chi connectivity index (χ4v) is 1.83. The molecule has 1 rings (SSSR count). The summed E-state index contributed by atoms with van der Waals surface area (Å²) in [5.74, 6) is 2.11. The summed E-state index contributed by atoms with van der Waals surface area (Å²) >= 11 is 0. The maximum Gasteiger partial charge on any atom is 0.124 e. The van der Waals surface area contributed by atoms with Gasteiger partial charge in [-0.2, -0.15) is 0 Å². The lowest BCUT2D eigenvalue weighted by Gasteiger charge is -2.33. The van der Waals surface area contributed by atoms with E-state index in [1.54, 1.807) is 0 Å². The third kappa shape index (κ3) is 1.54. The Morgan fingerprint density at radius 3 is 2.73 bits per heavy atom. The Labute approximate surface area is 68.5 Å². The Morgan fingerprint density at radius 1 is 1.55 bits per heavy atom. The Hall–Kier alpha value is -0.550. The van der Waals surface area contributed by atoms with Crippen molar-refractivity contribution in [2.24, 2.45) is 5.41 Å². The molecule has 1 unspecified atom stereocenters. The Bertz CT molecular complexity index is 189. The summed E-state index contributed by atoms with van der Waals surface area (Å²) in [6.07, 6.45) is 5.69. The van der Waals surface area contributed by atoms with Gasteiger partial charge in [0.05, 0.1) is 0 Å². The summed E-state index contributed by atoms with van der Waals surface area (Å²) in [6, 6.07) is 0. The van der Waals surface area contributed by atoms with Crippen LogP contribution in [0.15, 0.2) is 5.57 Å². The van der Waals surface area contributed by atoms with Crippen LogP contribution >= 0.6 is 0 Å². The van der Waals surface area contributed by atoms with Gasteiger partial charge in [-0.3, -0.25) is 0 Å². The smallest absolute Gasteiger partial charge is 0.124 e. The van der Waals surface area contributed by atoms with E-state index in [0.717, 1.165) is 18.4 Å². The fourth-order valence-electron chi connectivity index (χ4n) is 1.83. The molecule has 0 heterocycles. The molecule has 0 saturated heterocycles. The quantitative estimate of drug-likeness (QED) is 0.528. The average Bonchev–Trinajstić information content (AvgIpc) is 2.05. The van der Waals surface area contributed by atoms with Gasteiger partial charge in [-0.1, -0.05) is 20.3 Å². The normalized spacial score (nSPS) is 31.6. The second-order valence-electron chi connectivity index (χ2n) is 3.70. The SMILES string of the molecule is CCC1(C)CCCCC1=C=O. The van der Waals surface area contributed by atoms with Crippen LogP contribution < -0.4 is 0 Å². The lowest BCUT2D eigenvalue weighted by atomic mass is 9.71. The third-order valence-corrected chi connectivity index (χ3v) is 3.04. The molecule has 62 valence electrons. The van der Waals surface area contributed by atoms with E-state index in [9.17, 15) is 4.79 Å². The highest BCUT2D eigenvalue weighted by molar-refractivity contribution is 5.55. The van der Waals surface area contributed by atoms with E-state index < -0.39 is 0 Å². The van der Waals surface area contributed by atoms with E-state index in [-0.39, 0.29) is 5.41 Å². The van der Waals surface area contributed by atoms with Crippen LogP contribution in [0.4, 0.5) is 0 Å². The summed E-state index contributed by atoms with van der Waals surface area (Å²) in [7, 11) is 0. The van der Waals surface area contributed by atoms with E-state index in [4.69, 9.17) is 0 Å². The molecule has 0 aromatic carbocycles. The molecule has 0 bridgehead atoms. The summed E-state index contributed by atoms with van der Waals surface area (Å²) in [5, 5.41) is 0. The van der Waals surface area contributed by atoms with Crippen LogP contribution in [0.25, 0.3) is 0 Å². The van der Waals surface area contributed by atoms with Crippen molar-refractivity contribution in [3.8, 4) is 0 Å². The molecule has 1 aliphatic rings. The van der Waals surface area contributed by atoms with Gasteiger partial charge in [-0.25, -0.2) is 4.79 Å². The number of hydrogen-bond donors (Lipinski definition) is 0. The first-order chi connectivity index (χ1) is 5.23. The molecule has 0 spiro atoms. The lowest BCUT2D eigenvalue weighted by molar-refractivity contribution is 0.295. The third-order valence-electron chi connectivity index (χ3n) is 3.04. The van der Waals surface area contributed by atoms with Crippen LogP contribution in [0.1, 0.15) is 46.0 Å². The van der Waals surface area contributed by atoms with E-state index in [1.165, 1.54) is 19.3 Å². The molecule has 1 nitrogen and oxygen atoms in total. The van der Waals surface area contributed by atoms with Crippen LogP contribution in [0.5, 0.6) is 0 Å². The van der Waals surface area contributed by atoms with Gasteiger partial charge >= 0.3 is 0 Å². The Morgan fingerprint density at radius 2 is 2.27 bits per heavy atom. The van der Waals surface area contributed by atoms with E-state index in [2.05, 4.69) is 19.8 Å². The number of hydrogen-bond acceptors (Lipinski definition) is 1. The minimum Gasteiger partial charge on any atom is -0.234 e. The van der Waals surface area contributed by atoms with Gasteiger partial charge in [-0.15, -0.1) is 0 Å². The van der Waals surface area contributed by atoms with Gasteiger partial charge in [0, 0.05) is 5.57 Å². The molecule has 1 saturated carbocycles. The van der Waals surface area contributed by atoms with Crippen LogP contribution in [0, 0.1) is 5.41 Å². The molecular weight excluding hydrogens is 136 g/mol. The molecule has 1 aliphatic carbocycles. The van der Waals surface area contributed by atoms with Crippen LogP contribution in [-0.4, -0.2) is 5.94 Å². The molecule has 0 amide bonds. The monoisotopic (exact) mass is 152 g/mol. The molecule has 0 N–H and O–H groups in total. The van der Waals surface area contributed by atoms with Crippen molar-refractivity contribution in [1.29, 1.82) is 0 Å². The second kappa shape index (κ2) is 3.23. The topological polar surface area (TPSA) is 17.1 Å². The number of rotatable bonds is 1. The summed E-state index contributed by atoms with van der Waals surface area (Å²) in [4.78, 5) is 10.6. The van der Waals surface area contributed by atoms with Crippen molar-refractivity contribution in [2.45, 2.75) is 46.0 Å². The highest BCUT2D eigenvalue weighted by atomic mass is 16.1. The molecule has 1 atom stereocenters. The predicted molar refractivity (Wildman–Crippen MR) is 46.1 cm³/mol. The van der Waals surface area contributed by atoms with Gasteiger partial charge < -0.3 is 0 Å². The average molecular weight is 152 g/mol. The highest BCUT2D eigenvalue weighted by Gasteiger charge is 2.30. The van der Waals surface area contributed by atoms with Crippen LogP contribution in [0.2, 0.25) is 0 Å². The zero-order chi connectivity index (χ0) is 8.32. The largest absolute Gasteiger partial charge is 0.234 e. The standard InChI is InChI=1S/C10H16O/c1-3-10(2)7-5-4-6-9(10)8-11/h3-7H2,1-2H3. The fraction of sp³-hybridized carbons (Fsp3) is 0.800. The van der Waals surface area contributed by atoms with Crippen molar-refractivity contribution in [3.63, 3.8) is 0 Å². The van der Waals surface area contributed by atoms with Crippen LogP contribution in [0.3, 0.4) is 0 Å². The predicted octanol–water partition coefficient (Wildman–Crippen LogP) is 2.73. The van der Waals surface area contributed by atoms with Crippen molar-refractivity contribution in [2.75, 3.05) is 0 Å². The summed E-state index contributed by atoms with van der Waals surface area (Å²) < 4.78 is 0. The molecule has 1 heteroatoms. The van der Waals surface area contributed by atoms with Gasteiger partial charge in [-0.05, 0) is 31.1 Å². The summed E-state index contributed by atoms with van der Waals surface area (Å²) in [5.41, 5.74) is 1.20. The van der Waals surface area contributed by atoms with Gasteiger partial charge in [0.1, 0.15) is 5.94 Å². The molecule has 0 radical (unpaired) electrons. The molecule has 0 aliphatic heterocycles. The molecule has 11 heavy (non-hydrogen) atoms. The second-order valence-corrected chi connectivity index (χ2v) is 3.70. The number of allylic oxidation sites excluding steroid dienone is 1. The van der Waals surface area contributed by atoms with E-state index in [1.807, 2.05) is 0 Å². The van der Waals surface area contributed by atoms with Crippen molar-refractivity contribution in [3.05, 3.63) is 5.57 Å². The minimum absolute atomic E-state index is 0.181. The van der Waals surface area contributed by atoms with Gasteiger partial charge in [0.2, 0.25) is 0 Å². The van der Waals surface area contributed by atoms with E-state index in [0.29, 0.717) is 0 Å². The van der Waals surface area contributed by atoms with Gasteiger partial charge in [0.15, 0.2) is 0 Å². The lowest BCUT2D eigenvalue weighted by Crippen LogP contribution is -2.22. The van der Waals surface area contributed by atoms with Crippen molar-refractivity contribution in [1.82, 2.24) is 0 Å². The summed E-state index contributed by atoms with van der Waals surface area (Å²) in [6.45, 7) is 4.34. The highest BCUT2D eigenvalue weighted by Crippen LogP contribution is 2.41. The minimum atomic E-state index is 0.181. The zero-order valence-corrected chi connectivity index (χ0v) is 7.44. The number of carbonyl (C=O) groups excluding carboxylic acids is 1. The van der Waals surface area contributed by atoms with Crippen molar-refractivity contribution < 1.29 is 4.79 Å². The maximum absolute atomic E-state index is 10.6. The molecule has 1 fully saturated rings. The maximum atomic E-state index is 10.6. The molecule has 0 aromatic rings. The van der Waals surface area contributed by atoms with Crippen LogP contribution in [-0.2, 0) is 4.79 Å². The first-order valence-electron chi connectivity index (χ1n) is 4.47. The first-order valence-corrected chi connectivity index (χ1v) is 4.47. The van der Waals surface area contributed by atoms with E-state index >= 15 is 0 Å². The zero-order valence-electron chi connectivity index (χ0n) is 7.44. The van der Waals surface area contributed by atoms with Gasteiger partial charge in [0.25, 0.3) is 0 Å².